The van der Waals surface area contributed by atoms with Gasteiger partial charge in [0.1, 0.15) is 12.3 Å². The predicted molar refractivity (Wildman–Crippen MR) is 112 cm³/mol. The smallest absolute Gasteiger partial charge is 0.261 e. The first-order valence-corrected chi connectivity index (χ1v) is 10.3. The van der Waals surface area contributed by atoms with Crippen LogP contribution >= 0.6 is 0 Å². The van der Waals surface area contributed by atoms with E-state index in [1.807, 2.05) is 65.2 Å². The molecule has 156 valence electrons. The highest BCUT2D eigenvalue weighted by Crippen LogP contribution is 2.27. The molecule has 6 heteroatoms. The molecule has 1 aliphatic rings. The molecule has 1 fully saturated rings. The van der Waals surface area contributed by atoms with Gasteiger partial charge in [0.15, 0.2) is 6.61 Å². The second-order valence-electron chi connectivity index (χ2n) is 8.13. The van der Waals surface area contributed by atoms with E-state index in [2.05, 4.69) is 13.8 Å². The minimum atomic E-state index is -0.131. The molecular formula is C23H31N3O3. The molecule has 1 aromatic carbocycles. The van der Waals surface area contributed by atoms with Gasteiger partial charge in [-0.2, -0.15) is 0 Å². The number of hydrogen-bond donors (Lipinski definition) is 0. The van der Waals surface area contributed by atoms with Crippen molar-refractivity contribution in [3.8, 4) is 5.75 Å². The Morgan fingerprint density at radius 1 is 1.10 bits per heavy atom. The standard InChI is InChI=1S/C23H31N3O3/c1-18(2)14-25(15-20-8-7-13-24(20)3)22(27)16-26(19-11-12-19)23(28)17-29-21-9-5-4-6-10-21/h4-10,13,18-19H,11-12,14-17H2,1-3H3. The summed E-state index contributed by atoms with van der Waals surface area (Å²) in [5, 5.41) is 0. The first kappa shape index (κ1) is 21.0. The molecule has 1 heterocycles. The lowest BCUT2D eigenvalue weighted by Crippen LogP contribution is -2.46. The van der Waals surface area contributed by atoms with Gasteiger partial charge in [0, 0.05) is 31.5 Å². The molecular weight excluding hydrogens is 366 g/mol. The number of amides is 2. The predicted octanol–water partition coefficient (Wildman–Crippen LogP) is 3.08. The molecule has 1 saturated carbocycles. The highest BCUT2D eigenvalue weighted by molar-refractivity contribution is 5.86. The Morgan fingerprint density at radius 2 is 1.83 bits per heavy atom. The van der Waals surface area contributed by atoms with Crippen molar-refractivity contribution in [3.63, 3.8) is 0 Å². The molecule has 0 atom stereocenters. The summed E-state index contributed by atoms with van der Waals surface area (Å²) in [6, 6.07) is 13.5. The lowest BCUT2D eigenvalue weighted by atomic mass is 10.2. The number of rotatable bonds is 10. The van der Waals surface area contributed by atoms with Crippen LogP contribution in [0.2, 0.25) is 0 Å². The number of aromatic nitrogens is 1. The first-order chi connectivity index (χ1) is 13.9. The quantitative estimate of drug-likeness (QED) is 0.619. The van der Waals surface area contributed by atoms with Gasteiger partial charge in [-0.15, -0.1) is 0 Å². The van der Waals surface area contributed by atoms with Gasteiger partial charge in [0.2, 0.25) is 5.91 Å². The lowest BCUT2D eigenvalue weighted by molar-refractivity contribution is -0.142. The summed E-state index contributed by atoms with van der Waals surface area (Å²) in [6.07, 6.45) is 3.88. The van der Waals surface area contributed by atoms with Gasteiger partial charge in [-0.3, -0.25) is 9.59 Å². The van der Waals surface area contributed by atoms with Crippen LogP contribution in [0.4, 0.5) is 0 Å². The summed E-state index contributed by atoms with van der Waals surface area (Å²) in [7, 11) is 1.98. The van der Waals surface area contributed by atoms with Crippen LogP contribution in [0.5, 0.6) is 5.75 Å². The Bertz CT molecular complexity index is 812. The van der Waals surface area contributed by atoms with Gasteiger partial charge in [0.25, 0.3) is 5.91 Å². The fraction of sp³-hybridized carbons (Fsp3) is 0.478. The number of hydrogen-bond acceptors (Lipinski definition) is 3. The number of carbonyl (C=O) groups is 2. The van der Waals surface area contributed by atoms with Crippen LogP contribution in [0.1, 0.15) is 32.4 Å². The maximum absolute atomic E-state index is 13.1. The Hall–Kier alpha value is -2.76. The van der Waals surface area contributed by atoms with Crippen LogP contribution in [0.3, 0.4) is 0 Å². The van der Waals surface area contributed by atoms with Crippen molar-refractivity contribution in [2.45, 2.75) is 39.3 Å². The monoisotopic (exact) mass is 397 g/mol. The topological polar surface area (TPSA) is 54.8 Å². The van der Waals surface area contributed by atoms with Crippen molar-refractivity contribution >= 4 is 11.8 Å². The van der Waals surface area contributed by atoms with Crippen LogP contribution in [0.25, 0.3) is 0 Å². The van der Waals surface area contributed by atoms with E-state index in [0.29, 0.717) is 24.8 Å². The van der Waals surface area contributed by atoms with Gasteiger partial charge in [0.05, 0.1) is 6.54 Å². The van der Waals surface area contributed by atoms with Gasteiger partial charge < -0.3 is 19.1 Å². The van der Waals surface area contributed by atoms with Crippen LogP contribution in [-0.4, -0.2) is 51.9 Å². The molecule has 3 rings (SSSR count). The Balaban J connectivity index is 1.63. The van der Waals surface area contributed by atoms with Crippen molar-refractivity contribution in [1.29, 1.82) is 0 Å². The average molecular weight is 398 g/mol. The first-order valence-electron chi connectivity index (χ1n) is 10.3. The van der Waals surface area contributed by atoms with E-state index in [1.54, 1.807) is 4.90 Å². The molecule has 0 bridgehead atoms. The SMILES string of the molecule is CC(C)CN(Cc1cccn1C)C(=O)CN(C(=O)COc1ccccc1)C1CC1. The third-order valence-electron chi connectivity index (χ3n) is 5.06. The zero-order valence-corrected chi connectivity index (χ0v) is 17.6. The number of ether oxygens (including phenoxy) is 1. The molecule has 0 radical (unpaired) electrons. The number of carbonyl (C=O) groups excluding carboxylic acids is 2. The van der Waals surface area contributed by atoms with Crippen molar-refractivity contribution < 1.29 is 14.3 Å². The maximum Gasteiger partial charge on any atom is 0.261 e. The van der Waals surface area contributed by atoms with Crippen molar-refractivity contribution in [3.05, 3.63) is 54.4 Å². The van der Waals surface area contributed by atoms with Crippen LogP contribution in [-0.2, 0) is 23.2 Å². The minimum Gasteiger partial charge on any atom is -0.484 e. The molecule has 29 heavy (non-hydrogen) atoms. The van der Waals surface area contributed by atoms with E-state index in [9.17, 15) is 9.59 Å². The largest absolute Gasteiger partial charge is 0.484 e. The fourth-order valence-electron chi connectivity index (χ4n) is 3.35. The molecule has 2 aromatic rings. The summed E-state index contributed by atoms with van der Waals surface area (Å²) >= 11 is 0. The highest BCUT2D eigenvalue weighted by atomic mass is 16.5. The summed E-state index contributed by atoms with van der Waals surface area (Å²) in [6.45, 7) is 5.48. The molecule has 1 aliphatic carbocycles. The normalized spacial score (nSPS) is 13.4. The molecule has 6 nitrogen and oxygen atoms in total. The lowest BCUT2D eigenvalue weighted by Gasteiger charge is -2.29. The van der Waals surface area contributed by atoms with Gasteiger partial charge in [-0.05, 0) is 43.0 Å². The van der Waals surface area contributed by atoms with Crippen molar-refractivity contribution in [1.82, 2.24) is 14.4 Å². The van der Waals surface area contributed by atoms with E-state index in [0.717, 1.165) is 18.5 Å². The molecule has 0 saturated heterocycles. The number of aryl methyl sites for hydroxylation is 1. The van der Waals surface area contributed by atoms with Gasteiger partial charge >= 0.3 is 0 Å². The average Bonchev–Trinajstić information content (AvgIpc) is 3.46. The zero-order chi connectivity index (χ0) is 20.8. The van der Waals surface area contributed by atoms with Crippen molar-refractivity contribution in [2.75, 3.05) is 19.7 Å². The van der Waals surface area contributed by atoms with Gasteiger partial charge in [-0.1, -0.05) is 32.0 Å². The summed E-state index contributed by atoms with van der Waals surface area (Å²) < 4.78 is 7.64. The Labute approximate surface area is 173 Å². The van der Waals surface area contributed by atoms with Crippen LogP contribution < -0.4 is 4.74 Å². The molecule has 0 unspecified atom stereocenters. The Morgan fingerprint density at radius 3 is 2.41 bits per heavy atom. The third-order valence-corrected chi connectivity index (χ3v) is 5.06. The van der Waals surface area contributed by atoms with E-state index in [1.165, 1.54) is 0 Å². The highest BCUT2D eigenvalue weighted by Gasteiger charge is 2.35. The maximum atomic E-state index is 13.1. The van der Waals surface area contributed by atoms with Crippen molar-refractivity contribution in [2.24, 2.45) is 13.0 Å². The van der Waals surface area contributed by atoms with Crippen LogP contribution in [0, 0.1) is 5.92 Å². The molecule has 0 spiro atoms. The molecule has 1 aromatic heterocycles. The second kappa shape index (κ2) is 9.63. The van der Waals surface area contributed by atoms with Crippen LogP contribution in [0.15, 0.2) is 48.7 Å². The number of benzene rings is 1. The molecule has 2 amide bonds. The van der Waals surface area contributed by atoms with E-state index in [4.69, 9.17) is 4.74 Å². The number of nitrogens with zero attached hydrogens (tertiary/aromatic N) is 3. The molecule has 0 aliphatic heterocycles. The molecule has 0 N–H and O–H groups in total. The summed E-state index contributed by atoms with van der Waals surface area (Å²) in [5.41, 5.74) is 1.08. The minimum absolute atomic E-state index is 0.0140. The zero-order valence-electron chi connectivity index (χ0n) is 17.6. The third kappa shape index (κ3) is 6.11. The Kier molecular flexibility index (Phi) is 6.96. The fourth-order valence-corrected chi connectivity index (χ4v) is 3.35. The number of para-hydroxylation sites is 1. The van der Waals surface area contributed by atoms with E-state index >= 15 is 0 Å². The summed E-state index contributed by atoms with van der Waals surface area (Å²) in [4.78, 5) is 29.5. The van der Waals surface area contributed by atoms with E-state index < -0.39 is 0 Å². The second-order valence-corrected chi connectivity index (χ2v) is 8.13. The van der Waals surface area contributed by atoms with E-state index in [-0.39, 0.29) is 31.0 Å². The van der Waals surface area contributed by atoms with Gasteiger partial charge in [-0.25, -0.2) is 0 Å². The summed E-state index contributed by atoms with van der Waals surface area (Å²) in [5.74, 6) is 0.867.